The fourth-order valence-corrected chi connectivity index (χ4v) is 7.95. The first-order valence-electron chi connectivity index (χ1n) is 13.5. The maximum Gasteiger partial charge on any atom is 0.423 e. The first kappa shape index (κ1) is 29.3. The summed E-state index contributed by atoms with van der Waals surface area (Å²) in [6.07, 6.45) is 0.335. The number of alkyl halides is 2. The fraction of sp³-hybridized carbons (Fsp3) is 0.367. The summed E-state index contributed by atoms with van der Waals surface area (Å²) < 4.78 is 24.3. The highest BCUT2D eigenvalue weighted by atomic mass is 35.5. The van der Waals surface area contributed by atoms with E-state index < -0.39 is 69.0 Å². The molecular weight excluding hydrogens is 606 g/mol. The zero-order chi connectivity index (χ0) is 30.8. The number of carbonyl (C=O) groups excluding carboxylic acids is 5. The fourth-order valence-electron chi connectivity index (χ4n) is 7.02. The molecular formula is C30H25Cl2FN2O8. The number of hydrogen-bond acceptors (Lipinski definition) is 8. The van der Waals surface area contributed by atoms with Gasteiger partial charge in [-0.25, -0.2) is 14.1 Å². The first-order chi connectivity index (χ1) is 20.5. The highest BCUT2D eigenvalue weighted by Gasteiger charge is 2.77. The number of ether oxygens (including phenoxy) is 2. The second kappa shape index (κ2) is 10.4. The van der Waals surface area contributed by atoms with Crippen LogP contribution in [0.25, 0.3) is 0 Å². The van der Waals surface area contributed by atoms with Crippen molar-refractivity contribution in [3.63, 3.8) is 0 Å². The molecule has 1 saturated carbocycles. The number of hydrogen-bond donors (Lipinski definition) is 1. The molecule has 2 aromatic carbocycles. The summed E-state index contributed by atoms with van der Waals surface area (Å²) >= 11 is 14.6. The highest BCUT2D eigenvalue weighted by molar-refractivity contribution is 6.58. The Kier molecular flexibility index (Phi) is 7.10. The molecule has 4 aliphatic rings. The minimum absolute atomic E-state index is 0.0493. The van der Waals surface area contributed by atoms with Gasteiger partial charge in [0.2, 0.25) is 11.8 Å². The van der Waals surface area contributed by atoms with Crippen LogP contribution < -0.4 is 9.64 Å². The van der Waals surface area contributed by atoms with Crippen molar-refractivity contribution < 1.29 is 42.9 Å². The Morgan fingerprint density at radius 1 is 1.02 bits per heavy atom. The summed E-state index contributed by atoms with van der Waals surface area (Å²) in [4.78, 5) is 64.8. The van der Waals surface area contributed by atoms with E-state index in [4.69, 9.17) is 27.9 Å². The number of aliphatic hydroxyl groups excluding tert-OH is 1. The van der Waals surface area contributed by atoms with E-state index in [0.29, 0.717) is 16.0 Å². The lowest BCUT2D eigenvalue weighted by atomic mass is 9.56. The Hall–Kier alpha value is -3.80. The number of rotatable bonds is 5. The Morgan fingerprint density at radius 3 is 2.40 bits per heavy atom. The maximum absolute atomic E-state index is 14.4. The second-order valence-electron chi connectivity index (χ2n) is 10.8. The number of para-hydroxylation sites is 1. The van der Waals surface area contributed by atoms with Crippen molar-refractivity contribution in [3.8, 4) is 5.75 Å². The predicted molar refractivity (Wildman–Crippen MR) is 150 cm³/mol. The summed E-state index contributed by atoms with van der Waals surface area (Å²) in [6, 6.07) is 11.3. The first-order valence-corrected chi connectivity index (χ1v) is 14.3. The number of methoxy groups -OCH3 is 1. The summed E-state index contributed by atoms with van der Waals surface area (Å²) in [7, 11) is 1.05. The van der Waals surface area contributed by atoms with Gasteiger partial charge < -0.3 is 14.6 Å². The number of allylic oxidation sites excluding steroid dienone is 2. The van der Waals surface area contributed by atoms with Crippen molar-refractivity contribution >= 4 is 58.6 Å². The van der Waals surface area contributed by atoms with Gasteiger partial charge in [0.1, 0.15) is 18.2 Å². The number of amides is 5. The van der Waals surface area contributed by atoms with Gasteiger partial charge in [0, 0.05) is 11.5 Å². The topological polar surface area (TPSA) is 131 Å². The van der Waals surface area contributed by atoms with Crippen LogP contribution in [-0.2, 0) is 23.9 Å². The van der Waals surface area contributed by atoms with E-state index >= 15 is 0 Å². The van der Waals surface area contributed by atoms with Crippen LogP contribution >= 0.6 is 23.2 Å². The van der Waals surface area contributed by atoms with Crippen LogP contribution in [0.2, 0.25) is 0 Å². The monoisotopic (exact) mass is 630 g/mol. The van der Waals surface area contributed by atoms with Crippen LogP contribution in [-0.4, -0.2) is 69.8 Å². The Morgan fingerprint density at radius 2 is 1.72 bits per heavy atom. The predicted octanol–water partition coefficient (Wildman–Crippen LogP) is 3.53. The smallest absolute Gasteiger partial charge is 0.423 e. The maximum atomic E-state index is 14.4. The molecule has 0 radical (unpaired) electrons. The molecule has 5 amide bonds. The lowest BCUT2D eigenvalue weighted by Gasteiger charge is -2.50. The van der Waals surface area contributed by atoms with E-state index in [1.165, 1.54) is 12.1 Å². The molecule has 6 rings (SSSR count). The third kappa shape index (κ3) is 3.98. The van der Waals surface area contributed by atoms with Gasteiger partial charge in [0.25, 0.3) is 11.8 Å². The lowest BCUT2D eigenvalue weighted by molar-refractivity contribution is -0.138. The van der Waals surface area contributed by atoms with E-state index in [0.717, 1.165) is 24.1 Å². The Balaban J connectivity index is 1.56. The molecule has 43 heavy (non-hydrogen) atoms. The SMILES string of the molecule is COC(=O)N1C(=O)[C@H]2[C@H](CC=C3[C@H]2C[C@@]2(Cl)C(=O)N(c4ccc(F)cc4)C(=O)[C@@]2(Cl)[C@H]3c2ccccc2OCCO)C1=O. The van der Waals surface area contributed by atoms with Gasteiger partial charge in [0.15, 0.2) is 9.75 Å². The number of anilines is 1. The highest BCUT2D eigenvalue weighted by Crippen LogP contribution is 2.66. The normalized spacial score (nSPS) is 31.4. The number of nitrogens with zero attached hydrogens (tertiary/aromatic N) is 2. The number of likely N-dealkylation sites (tertiary alicyclic amines) is 1. The molecule has 3 fully saturated rings. The zero-order valence-corrected chi connectivity index (χ0v) is 24.2. The molecule has 0 spiro atoms. The third-order valence-corrected chi connectivity index (χ3v) is 10.2. The minimum atomic E-state index is -2.15. The van der Waals surface area contributed by atoms with Crippen molar-refractivity contribution in [1.29, 1.82) is 0 Å². The molecule has 13 heteroatoms. The Bertz CT molecular complexity index is 1600. The number of aliphatic hydroxyl groups is 1. The van der Waals surface area contributed by atoms with Crippen LogP contribution in [0, 0.1) is 23.6 Å². The number of carbonyl (C=O) groups is 5. The van der Waals surface area contributed by atoms with Crippen molar-refractivity contribution in [2.24, 2.45) is 17.8 Å². The number of fused-ring (bicyclic) bond motifs is 4. The van der Waals surface area contributed by atoms with Crippen molar-refractivity contribution in [1.82, 2.24) is 4.90 Å². The van der Waals surface area contributed by atoms with Crippen molar-refractivity contribution in [3.05, 3.63) is 71.6 Å². The summed E-state index contributed by atoms with van der Waals surface area (Å²) in [5.41, 5.74) is 0.907. The zero-order valence-electron chi connectivity index (χ0n) is 22.7. The van der Waals surface area contributed by atoms with Gasteiger partial charge in [0.05, 0.1) is 31.2 Å². The molecule has 2 aliphatic carbocycles. The Labute approximate surface area is 254 Å². The second-order valence-corrected chi connectivity index (χ2v) is 12.1. The van der Waals surface area contributed by atoms with Crippen molar-refractivity contribution in [2.75, 3.05) is 25.2 Å². The third-order valence-electron chi connectivity index (χ3n) is 8.83. The summed E-state index contributed by atoms with van der Waals surface area (Å²) in [5, 5.41) is 9.43. The molecule has 0 unspecified atom stereocenters. The molecule has 2 saturated heterocycles. The molecule has 2 aromatic rings. The van der Waals surface area contributed by atoms with Gasteiger partial charge in [-0.3, -0.25) is 19.2 Å². The number of benzene rings is 2. The van der Waals surface area contributed by atoms with E-state index in [9.17, 15) is 33.5 Å². The van der Waals surface area contributed by atoms with Gasteiger partial charge in [-0.1, -0.05) is 29.8 Å². The van der Waals surface area contributed by atoms with Crippen LogP contribution in [0.5, 0.6) is 5.75 Å². The standard InChI is InChI=1S/C30H25Cl2FN2O8/c1-42-28(41)35-24(37)19-11-10-17-20(22(19)25(35)38)14-29(31)26(39)34(16-8-6-15(33)7-9-16)27(40)30(29,32)23(17)18-4-2-3-5-21(18)43-13-12-36/h2-10,19-20,22-23,36H,11-14H2,1H3/t19-,20+,22-,23+,29+,30-/m0/s1. The molecule has 6 atom stereocenters. The minimum Gasteiger partial charge on any atom is -0.491 e. The van der Waals surface area contributed by atoms with Gasteiger partial charge in [-0.15, -0.1) is 23.2 Å². The van der Waals surface area contributed by atoms with Crippen molar-refractivity contribution in [2.45, 2.75) is 28.5 Å². The van der Waals surface area contributed by atoms with E-state index in [1.807, 2.05) is 0 Å². The van der Waals surface area contributed by atoms with Crippen LogP contribution in [0.1, 0.15) is 24.3 Å². The average Bonchev–Trinajstić information content (AvgIpc) is 3.34. The molecule has 0 aromatic heterocycles. The summed E-state index contributed by atoms with van der Waals surface area (Å²) in [6.45, 7) is -0.400. The average molecular weight is 631 g/mol. The largest absolute Gasteiger partial charge is 0.491 e. The van der Waals surface area contributed by atoms with E-state index in [-0.39, 0.29) is 37.5 Å². The molecule has 10 nitrogen and oxygen atoms in total. The van der Waals surface area contributed by atoms with E-state index in [1.54, 1.807) is 30.3 Å². The van der Waals surface area contributed by atoms with Gasteiger partial charge in [-0.2, -0.15) is 4.90 Å². The van der Waals surface area contributed by atoms with Crippen LogP contribution in [0.15, 0.2) is 60.2 Å². The molecule has 2 heterocycles. The molecule has 224 valence electrons. The van der Waals surface area contributed by atoms with Gasteiger partial charge in [-0.05, 0) is 49.1 Å². The lowest BCUT2D eigenvalue weighted by Crippen LogP contribution is -2.60. The number of halogens is 3. The molecule has 1 N–H and O–H groups in total. The summed E-state index contributed by atoms with van der Waals surface area (Å²) in [5.74, 6) is -7.61. The van der Waals surface area contributed by atoms with Crippen LogP contribution in [0.3, 0.4) is 0 Å². The molecule has 0 bridgehead atoms. The number of imide groups is 4. The van der Waals surface area contributed by atoms with Gasteiger partial charge >= 0.3 is 6.09 Å². The van der Waals surface area contributed by atoms with E-state index in [2.05, 4.69) is 4.74 Å². The van der Waals surface area contributed by atoms with Crippen LogP contribution in [0.4, 0.5) is 14.9 Å². The quantitative estimate of drug-likeness (QED) is 0.302. The molecule has 2 aliphatic heterocycles.